The summed E-state index contributed by atoms with van der Waals surface area (Å²) in [5.41, 5.74) is 0.715. The van der Waals surface area contributed by atoms with Crippen LogP contribution in [-0.2, 0) is 11.2 Å². The van der Waals surface area contributed by atoms with E-state index in [-0.39, 0.29) is 24.7 Å². The van der Waals surface area contributed by atoms with Gasteiger partial charge >= 0.3 is 0 Å². The van der Waals surface area contributed by atoms with Crippen LogP contribution in [0.1, 0.15) is 23.2 Å². The first-order chi connectivity index (χ1) is 9.54. The molecule has 0 radical (unpaired) electrons. The number of rotatable bonds is 5. The Bertz CT molecular complexity index is 577. The number of hydrogen-bond acceptors (Lipinski definition) is 3. The quantitative estimate of drug-likeness (QED) is 0.880. The fourth-order valence-corrected chi connectivity index (χ4v) is 1.79. The van der Waals surface area contributed by atoms with Crippen molar-refractivity contribution in [3.8, 4) is 0 Å². The molecule has 0 fully saturated rings. The van der Waals surface area contributed by atoms with Gasteiger partial charge in [-0.3, -0.25) is 4.79 Å². The normalized spacial score (nSPS) is 12.2. The summed E-state index contributed by atoms with van der Waals surface area (Å²) >= 11 is 0. The molecule has 1 aromatic carbocycles. The Hall–Kier alpha value is -2.14. The zero-order chi connectivity index (χ0) is 14.5. The molecule has 2 N–H and O–H groups in total. The summed E-state index contributed by atoms with van der Waals surface area (Å²) in [7, 11) is 0. The lowest BCUT2D eigenvalue weighted by atomic mass is 10.1. The molecule has 0 unspecified atom stereocenters. The van der Waals surface area contributed by atoms with Gasteiger partial charge in [0.15, 0.2) is 0 Å². The van der Waals surface area contributed by atoms with Crippen LogP contribution in [-0.4, -0.2) is 17.6 Å². The highest BCUT2D eigenvalue weighted by molar-refractivity contribution is 5.78. The molecule has 0 aliphatic carbocycles. The summed E-state index contributed by atoms with van der Waals surface area (Å²) in [6, 6.07) is 9.15. The van der Waals surface area contributed by atoms with Crippen molar-refractivity contribution >= 4 is 5.91 Å². The molecule has 20 heavy (non-hydrogen) atoms. The first kappa shape index (κ1) is 14.3. The van der Waals surface area contributed by atoms with E-state index in [2.05, 4.69) is 5.32 Å². The monoisotopic (exact) mass is 277 g/mol. The van der Waals surface area contributed by atoms with Gasteiger partial charge in [0.1, 0.15) is 23.4 Å². The van der Waals surface area contributed by atoms with Crippen LogP contribution < -0.4 is 5.32 Å². The Balaban J connectivity index is 1.81. The molecule has 2 rings (SSSR count). The van der Waals surface area contributed by atoms with Crippen LogP contribution in [0.3, 0.4) is 0 Å². The molecule has 4 nitrogen and oxygen atoms in total. The van der Waals surface area contributed by atoms with Gasteiger partial charge in [-0.05, 0) is 36.8 Å². The van der Waals surface area contributed by atoms with E-state index in [9.17, 15) is 14.3 Å². The van der Waals surface area contributed by atoms with Gasteiger partial charge in [0.2, 0.25) is 5.91 Å². The molecule has 0 spiro atoms. The Morgan fingerprint density at radius 3 is 2.60 bits per heavy atom. The molecule has 2 aromatic rings. The van der Waals surface area contributed by atoms with Gasteiger partial charge in [0.05, 0.1) is 13.0 Å². The molecular formula is C15H16FNO3. The minimum Gasteiger partial charge on any atom is -0.464 e. The Morgan fingerprint density at radius 2 is 2.00 bits per heavy atom. The van der Waals surface area contributed by atoms with Crippen LogP contribution >= 0.6 is 0 Å². The number of furan rings is 1. The molecule has 0 aliphatic rings. The predicted octanol–water partition coefficient (Wildman–Crippen LogP) is 2.12. The lowest BCUT2D eigenvalue weighted by Gasteiger charge is -2.09. The van der Waals surface area contributed by atoms with Gasteiger partial charge in [0, 0.05) is 0 Å². The van der Waals surface area contributed by atoms with Gasteiger partial charge in [-0.25, -0.2) is 4.39 Å². The molecule has 1 amide bonds. The summed E-state index contributed by atoms with van der Waals surface area (Å²) in [5.74, 6) is 0.554. The minimum absolute atomic E-state index is 0.0764. The summed E-state index contributed by atoms with van der Waals surface area (Å²) in [4.78, 5) is 11.7. The lowest BCUT2D eigenvalue weighted by molar-refractivity contribution is -0.120. The zero-order valence-electron chi connectivity index (χ0n) is 11.1. The van der Waals surface area contributed by atoms with Crippen molar-refractivity contribution in [2.24, 2.45) is 0 Å². The van der Waals surface area contributed by atoms with Crippen molar-refractivity contribution in [3.05, 3.63) is 59.3 Å². The number of amides is 1. The maximum Gasteiger partial charge on any atom is 0.224 e. The highest BCUT2D eigenvalue weighted by Crippen LogP contribution is 2.15. The highest BCUT2D eigenvalue weighted by Gasteiger charge is 2.13. The molecule has 5 heteroatoms. The van der Waals surface area contributed by atoms with Crippen molar-refractivity contribution in [2.45, 2.75) is 19.4 Å². The van der Waals surface area contributed by atoms with Crippen molar-refractivity contribution in [1.82, 2.24) is 5.32 Å². The Labute approximate surface area is 116 Å². The largest absolute Gasteiger partial charge is 0.464 e. The molecule has 0 saturated heterocycles. The van der Waals surface area contributed by atoms with Crippen LogP contribution in [0.25, 0.3) is 0 Å². The fourth-order valence-electron chi connectivity index (χ4n) is 1.79. The SMILES string of the molecule is Cc1ccc([C@H](O)CNC(=O)Cc2ccc(F)cc2)o1. The van der Waals surface area contributed by atoms with Crippen LogP contribution in [0.5, 0.6) is 0 Å². The molecule has 0 aliphatic heterocycles. The zero-order valence-corrected chi connectivity index (χ0v) is 11.1. The van der Waals surface area contributed by atoms with E-state index in [1.807, 2.05) is 0 Å². The first-order valence-corrected chi connectivity index (χ1v) is 6.30. The summed E-state index contributed by atoms with van der Waals surface area (Å²) < 4.78 is 18.0. The molecule has 0 saturated carbocycles. The van der Waals surface area contributed by atoms with Crippen molar-refractivity contribution in [3.63, 3.8) is 0 Å². The van der Waals surface area contributed by atoms with E-state index in [0.717, 1.165) is 0 Å². The average molecular weight is 277 g/mol. The van der Waals surface area contributed by atoms with E-state index in [1.165, 1.54) is 12.1 Å². The number of halogens is 1. The van der Waals surface area contributed by atoms with Gasteiger partial charge < -0.3 is 14.8 Å². The van der Waals surface area contributed by atoms with Gasteiger partial charge in [0.25, 0.3) is 0 Å². The maximum absolute atomic E-state index is 12.7. The third kappa shape index (κ3) is 3.93. The smallest absolute Gasteiger partial charge is 0.224 e. The van der Waals surface area contributed by atoms with Crippen LogP contribution in [0.15, 0.2) is 40.8 Å². The number of aliphatic hydroxyl groups excluding tert-OH is 1. The number of carbonyl (C=O) groups excluding carboxylic acids is 1. The second-order valence-electron chi connectivity index (χ2n) is 4.57. The third-order valence-electron chi connectivity index (χ3n) is 2.86. The van der Waals surface area contributed by atoms with Gasteiger partial charge in [-0.1, -0.05) is 12.1 Å². The highest BCUT2D eigenvalue weighted by atomic mass is 19.1. The van der Waals surface area contributed by atoms with E-state index in [0.29, 0.717) is 17.1 Å². The number of carbonyl (C=O) groups is 1. The first-order valence-electron chi connectivity index (χ1n) is 6.30. The fraction of sp³-hybridized carbons (Fsp3) is 0.267. The van der Waals surface area contributed by atoms with Crippen molar-refractivity contribution < 1.29 is 18.7 Å². The molecule has 1 atom stereocenters. The molecule has 106 valence electrons. The Kier molecular flexibility index (Phi) is 4.53. The topological polar surface area (TPSA) is 62.5 Å². The van der Waals surface area contributed by atoms with Gasteiger partial charge in [-0.15, -0.1) is 0 Å². The van der Waals surface area contributed by atoms with E-state index >= 15 is 0 Å². The molecule has 1 aromatic heterocycles. The van der Waals surface area contributed by atoms with Crippen LogP contribution in [0, 0.1) is 12.7 Å². The standard InChI is InChI=1S/C15H16FNO3/c1-10-2-7-14(20-10)13(18)9-17-15(19)8-11-3-5-12(16)6-4-11/h2-7,13,18H,8-9H2,1H3,(H,17,19)/t13-/m1/s1. The Morgan fingerprint density at radius 1 is 1.30 bits per heavy atom. The summed E-state index contributed by atoms with van der Waals surface area (Å²) in [6.07, 6.45) is -0.731. The number of aryl methyl sites for hydroxylation is 1. The van der Waals surface area contributed by atoms with E-state index in [1.54, 1.807) is 31.2 Å². The van der Waals surface area contributed by atoms with E-state index in [4.69, 9.17) is 4.42 Å². The van der Waals surface area contributed by atoms with Crippen molar-refractivity contribution in [1.29, 1.82) is 0 Å². The maximum atomic E-state index is 12.7. The lowest BCUT2D eigenvalue weighted by Crippen LogP contribution is -2.29. The third-order valence-corrected chi connectivity index (χ3v) is 2.86. The second kappa shape index (κ2) is 6.34. The van der Waals surface area contributed by atoms with Gasteiger partial charge in [-0.2, -0.15) is 0 Å². The number of aliphatic hydroxyl groups is 1. The number of nitrogens with one attached hydrogen (secondary N) is 1. The number of benzene rings is 1. The number of hydrogen-bond donors (Lipinski definition) is 2. The minimum atomic E-state index is -0.874. The molecular weight excluding hydrogens is 261 g/mol. The van der Waals surface area contributed by atoms with Crippen molar-refractivity contribution in [2.75, 3.05) is 6.54 Å². The van der Waals surface area contributed by atoms with E-state index < -0.39 is 6.10 Å². The van der Waals surface area contributed by atoms with Crippen LogP contribution in [0.2, 0.25) is 0 Å². The molecule has 0 bridgehead atoms. The predicted molar refractivity (Wildman–Crippen MR) is 71.5 cm³/mol. The second-order valence-corrected chi connectivity index (χ2v) is 4.57. The average Bonchev–Trinajstić information content (AvgIpc) is 2.85. The summed E-state index contributed by atoms with van der Waals surface area (Å²) in [6.45, 7) is 1.86. The van der Waals surface area contributed by atoms with Crippen LogP contribution in [0.4, 0.5) is 4.39 Å². The summed E-state index contributed by atoms with van der Waals surface area (Å²) in [5, 5.41) is 12.4. The molecule has 1 heterocycles.